The minimum absolute atomic E-state index is 0.0600. The highest BCUT2D eigenvalue weighted by Crippen LogP contribution is 2.35. The van der Waals surface area contributed by atoms with Crippen LogP contribution in [0.2, 0.25) is 0 Å². The Hall–Kier alpha value is -4.66. The summed E-state index contributed by atoms with van der Waals surface area (Å²) < 4.78 is 6.65. The molecule has 0 saturated carbocycles. The van der Waals surface area contributed by atoms with Gasteiger partial charge < -0.3 is 25.4 Å². The number of benzene rings is 4. The van der Waals surface area contributed by atoms with Crippen LogP contribution in [0.3, 0.4) is 0 Å². The molecule has 4 aromatic rings. The summed E-state index contributed by atoms with van der Waals surface area (Å²) in [4.78, 5) is 30.6. The number of aliphatic hydroxyl groups is 1. The van der Waals surface area contributed by atoms with Crippen molar-refractivity contribution in [2.75, 3.05) is 37.4 Å². The summed E-state index contributed by atoms with van der Waals surface area (Å²) in [5.41, 5.74) is 4.92. The molecular weight excluding hydrogens is 552 g/mol. The molecule has 0 bridgehead atoms. The van der Waals surface area contributed by atoms with Gasteiger partial charge in [0, 0.05) is 31.2 Å². The molecule has 1 aliphatic rings. The van der Waals surface area contributed by atoms with Crippen LogP contribution in [0, 0.1) is 5.92 Å². The van der Waals surface area contributed by atoms with Crippen LogP contribution in [0.4, 0.5) is 16.2 Å². The molecule has 228 valence electrons. The number of urea groups is 1. The monoisotopic (exact) mass is 592 g/mol. The van der Waals surface area contributed by atoms with E-state index in [0.717, 1.165) is 0 Å². The molecule has 0 spiro atoms. The second-order valence-electron chi connectivity index (χ2n) is 11.5. The number of hydrogen-bond acceptors (Lipinski definition) is 5. The van der Waals surface area contributed by atoms with Gasteiger partial charge in [0.25, 0.3) is 5.91 Å². The van der Waals surface area contributed by atoms with Gasteiger partial charge in [-0.1, -0.05) is 85.8 Å². The molecule has 1 aliphatic heterocycles. The number of para-hydroxylation sites is 2. The van der Waals surface area contributed by atoms with E-state index in [1.165, 1.54) is 16.7 Å². The van der Waals surface area contributed by atoms with Crippen molar-refractivity contribution in [1.29, 1.82) is 0 Å². The number of anilines is 2. The Balaban J connectivity index is 1.37. The summed E-state index contributed by atoms with van der Waals surface area (Å²) in [5, 5.41) is 15.7. The van der Waals surface area contributed by atoms with Crippen molar-refractivity contribution in [3.8, 4) is 16.9 Å². The average Bonchev–Trinajstić information content (AvgIpc) is 3.04. The highest BCUT2D eigenvalue weighted by Gasteiger charge is 2.34. The normalized spacial score (nSPS) is 17.2. The van der Waals surface area contributed by atoms with Crippen LogP contribution in [-0.4, -0.2) is 65.7 Å². The quantitative estimate of drug-likeness (QED) is 0.211. The summed E-state index contributed by atoms with van der Waals surface area (Å²) >= 11 is 0. The highest BCUT2D eigenvalue weighted by atomic mass is 16.5. The largest absolute Gasteiger partial charge is 0.486 e. The Morgan fingerprint density at radius 2 is 1.59 bits per heavy atom. The summed E-state index contributed by atoms with van der Waals surface area (Å²) in [5.74, 6) is 0.0223. The number of rotatable bonds is 9. The van der Waals surface area contributed by atoms with Gasteiger partial charge in [-0.3, -0.25) is 9.69 Å². The van der Waals surface area contributed by atoms with Crippen LogP contribution in [0.15, 0.2) is 103 Å². The molecule has 1 heterocycles. The van der Waals surface area contributed by atoms with Gasteiger partial charge >= 0.3 is 6.03 Å². The number of aliphatic hydroxyl groups excluding tert-OH is 1. The third kappa shape index (κ3) is 7.45. The fourth-order valence-electron chi connectivity index (χ4n) is 5.48. The Kier molecular flexibility index (Phi) is 9.94. The Morgan fingerprint density at radius 3 is 2.27 bits per heavy atom. The Labute approximate surface area is 259 Å². The molecule has 0 aliphatic carbocycles. The Bertz CT molecular complexity index is 1550. The van der Waals surface area contributed by atoms with Crippen LogP contribution in [0.1, 0.15) is 29.8 Å². The molecule has 0 aromatic heterocycles. The van der Waals surface area contributed by atoms with E-state index >= 15 is 0 Å². The van der Waals surface area contributed by atoms with E-state index in [0.29, 0.717) is 42.3 Å². The number of carbonyl (C=O) groups excluding carboxylic acids is 2. The van der Waals surface area contributed by atoms with Crippen molar-refractivity contribution in [2.24, 2.45) is 5.92 Å². The Morgan fingerprint density at radius 1 is 0.932 bits per heavy atom. The number of likely N-dealkylation sites (N-methyl/N-ethyl adjacent to an activating group) is 1. The second kappa shape index (κ2) is 14.2. The maximum atomic E-state index is 13.8. The van der Waals surface area contributed by atoms with Crippen molar-refractivity contribution >= 4 is 23.3 Å². The van der Waals surface area contributed by atoms with Gasteiger partial charge in [0.15, 0.2) is 5.75 Å². The summed E-state index contributed by atoms with van der Waals surface area (Å²) in [6.45, 7) is 5.46. The van der Waals surface area contributed by atoms with E-state index in [-0.39, 0.29) is 30.6 Å². The molecule has 8 heteroatoms. The molecular formula is C36H40N4O4. The van der Waals surface area contributed by atoms with Crippen molar-refractivity contribution in [3.63, 3.8) is 0 Å². The van der Waals surface area contributed by atoms with Crippen LogP contribution < -0.4 is 15.4 Å². The molecule has 5 rings (SSSR count). The predicted octanol–water partition coefficient (Wildman–Crippen LogP) is 6.35. The number of nitrogens with zero attached hydrogens (tertiary/aromatic N) is 2. The minimum atomic E-state index is -0.441. The zero-order valence-corrected chi connectivity index (χ0v) is 25.4. The molecule has 3 N–H and O–H groups in total. The summed E-state index contributed by atoms with van der Waals surface area (Å²) in [6.07, 6.45) is -0.302. The molecule has 3 atom stereocenters. The average molecular weight is 593 g/mol. The third-order valence-corrected chi connectivity index (χ3v) is 7.98. The van der Waals surface area contributed by atoms with Crippen LogP contribution in [0.25, 0.3) is 11.1 Å². The zero-order chi connectivity index (χ0) is 31.1. The van der Waals surface area contributed by atoms with Crippen LogP contribution >= 0.6 is 0 Å². The van der Waals surface area contributed by atoms with Crippen molar-refractivity contribution < 1.29 is 19.4 Å². The summed E-state index contributed by atoms with van der Waals surface area (Å²) in [6, 6.07) is 32.4. The number of fused-ring (bicyclic) bond motifs is 1. The van der Waals surface area contributed by atoms with E-state index in [4.69, 9.17) is 4.74 Å². The van der Waals surface area contributed by atoms with Crippen molar-refractivity contribution in [3.05, 3.63) is 114 Å². The van der Waals surface area contributed by atoms with Gasteiger partial charge in [-0.15, -0.1) is 0 Å². The van der Waals surface area contributed by atoms with Gasteiger partial charge in [-0.05, 0) is 54.9 Å². The molecule has 8 nitrogen and oxygen atoms in total. The zero-order valence-electron chi connectivity index (χ0n) is 25.4. The molecule has 4 aromatic carbocycles. The maximum Gasteiger partial charge on any atom is 0.323 e. The second-order valence-corrected chi connectivity index (χ2v) is 11.5. The van der Waals surface area contributed by atoms with Gasteiger partial charge in [0.05, 0.1) is 23.9 Å². The van der Waals surface area contributed by atoms with Gasteiger partial charge in [0.2, 0.25) is 0 Å². The highest BCUT2D eigenvalue weighted by molar-refractivity contribution is 6.04. The topological polar surface area (TPSA) is 94.1 Å². The lowest BCUT2D eigenvalue weighted by molar-refractivity contribution is 0.0343. The maximum absolute atomic E-state index is 13.8. The molecule has 44 heavy (non-hydrogen) atoms. The molecule has 0 radical (unpaired) electrons. The smallest absolute Gasteiger partial charge is 0.323 e. The fourth-order valence-corrected chi connectivity index (χ4v) is 5.48. The lowest BCUT2D eigenvalue weighted by atomic mass is 9.98. The van der Waals surface area contributed by atoms with Crippen molar-refractivity contribution in [1.82, 2.24) is 9.80 Å². The lowest BCUT2D eigenvalue weighted by Crippen LogP contribution is -2.49. The molecule has 0 saturated heterocycles. The predicted molar refractivity (Wildman–Crippen MR) is 175 cm³/mol. The number of ether oxygens (including phenoxy) is 1. The van der Waals surface area contributed by atoms with E-state index in [2.05, 4.69) is 65.9 Å². The van der Waals surface area contributed by atoms with E-state index in [9.17, 15) is 14.7 Å². The molecule has 3 amide bonds. The summed E-state index contributed by atoms with van der Waals surface area (Å²) in [7, 11) is 2.05. The SMILES string of the molecule is C[C@H]1CN([C@@H](C)CO)C(=O)c2cccc(NC(=O)Nc3ccccc3)c2O[C@H]1CN(C)Cc1ccc(-c2ccccc2)cc1. The van der Waals surface area contributed by atoms with Gasteiger partial charge in [-0.25, -0.2) is 4.79 Å². The number of hydrogen-bond donors (Lipinski definition) is 3. The first kappa shape index (κ1) is 30.8. The lowest BCUT2D eigenvalue weighted by Gasteiger charge is -2.38. The first-order chi connectivity index (χ1) is 21.3. The molecule has 0 fully saturated rings. The molecule has 0 unspecified atom stereocenters. The minimum Gasteiger partial charge on any atom is -0.486 e. The fraction of sp³-hybridized carbons (Fsp3) is 0.278. The first-order valence-corrected chi connectivity index (χ1v) is 15.0. The standard InChI is InChI=1S/C36H40N4O4/c1-25-21-40(26(2)24-41)35(42)31-15-10-16-32(38-36(43)37-30-13-8-5-9-14-30)34(31)44-33(25)23-39(3)22-27-17-19-29(20-18-27)28-11-6-4-7-12-28/h4-20,25-26,33,41H,21-24H2,1-3H3,(H2,37,38,43)/t25-,26-,33-/m0/s1. The van der Waals surface area contributed by atoms with Crippen LogP contribution in [-0.2, 0) is 6.54 Å². The van der Waals surface area contributed by atoms with E-state index in [1.807, 2.05) is 43.3 Å². The van der Waals surface area contributed by atoms with Crippen molar-refractivity contribution in [2.45, 2.75) is 32.5 Å². The van der Waals surface area contributed by atoms with Gasteiger partial charge in [-0.2, -0.15) is 0 Å². The number of nitrogens with one attached hydrogen (secondary N) is 2. The van der Waals surface area contributed by atoms with Crippen LogP contribution in [0.5, 0.6) is 5.75 Å². The number of carbonyl (C=O) groups is 2. The van der Waals surface area contributed by atoms with Gasteiger partial charge in [0.1, 0.15) is 6.10 Å². The third-order valence-electron chi connectivity index (χ3n) is 7.98. The van der Waals surface area contributed by atoms with E-state index < -0.39 is 6.03 Å². The van der Waals surface area contributed by atoms with E-state index in [1.54, 1.807) is 35.2 Å². The number of amides is 3. The first-order valence-electron chi connectivity index (χ1n) is 15.0.